The molecule has 3 unspecified atom stereocenters. The molecule has 1 aliphatic carbocycles. The maximum absolute atomic E-state index is 9.72. The van der Waals surface area contributed by atoms with Gasteiger partial charge in [-0.25, -0.2) is 0 Å². The Morgan fingerprint density at radius 3 is 3.06 bits per heavy atom. The van der Waals surface area contributed by atoms with Crippen LogP contribution in [0.3, 0.4) is 0 Å². The molecule has 0 aromatic heterocycles. The summed E-state index contributed by atoms with van der Waals surface area (Å²) < 4.78 is 5.98. The molecule has 1 aliphatic heterocycles. The van der Waals surface area contributed by atoms with Crippen LogP contribution in [0.25, 0.3) is 0 Å². The minimum absolute atomic E-state index is 0.112. The Labute approximate surface area is 96.2 Å². The fraction of sp³-hybridized carbons (Fsp3) is 0.571. The van der Waals surface area contributed by atoms with E-state index in [0.29, 0.717) is 0 Å². The standard InChI is InChI=1S/C14H18O2/c1-9-3-4-12-11(7-9)14(2)6-5-10(15)8-13(14)16-12/h3-4,7,10,13,15H,5-6,8H2,1-2H3. The summed E-state index contributed by atoms with van der Waals surface area (Å²) >= 11 is 0. The molecule has 2 nitrogen and oxygen atoms in total. The van der Waals surface area contributed by atoms with E-state index in [1.165, 1.54) is 11.1 Å². The zero-order valence-electron chi connectivity index (χ0n) is 9.86. The predicted molar refractivity (Wildman–Crippen MR) is 62.8 cm³/mol. The molecule has 1 aromatic carbocycles. The second-order valence-electron chi connectivity index (χ2n) is 5.45. The second-order valence-corrected chi connectivity index (χ2v) is 5.45. The van der Waals surface area contributed by atoms with E-state index in [1.54, 1.807) is 0 Å². The largest absolute Gasteiger partial charge is 0.489 e. The van der Waals surface area contributed by atoms with Gasteiger partial charge in [-0.2, -0.15) is 0 Å². The summed E-state index contributed by atoms with van der Waals surface area (Å²) in [4.78, 5) is 0. The number of benzene rings is 1. The summed E-state index contributed by atoms with van der Waals surface area (Å²) in [7, 11) is 0. The van der Waals surface area contributed by atoms with Gasteiger partial charge in [0.2, 0.25) is 0 Å². The highest BCUT2D eigenvalue weighted by Gasteiger charge is 2.48. The average molecular weight is 218 g/mol. The zero-order valence-corrected chi connectivity index (χ0v) is 9.86. The first kappa shape index (κ1) is 10.2. The van der Waals surface area contributed by atoms with Crippen molar-refractivity contribution in [3.8, 4) is 5.75 Å². The monoisotopic (exact) mass is 218 g/mol. The molecule has 1 saturated carbocycles. The molecule has 2 heteroatoms. The Morgan fingerprint density at radius 1 is 1.44 bits per heavy atom. The van der Waals surface area contributed by atoms with E-state index < -0.39 is 0 Å². The summed E-state index contributed by atoms with van der Waals surface area (Å²) in [6.07, 6.45) is 2.66. The van der Waals surface area contributed by atoms with Gasteiger partial charge in [0.1, 0.15) is 11.9 Å². The van der Waals surface area contributed by atoms with Crippen LogP contribution in [0.1, 0.15) is 37.3 Å². The van der Waals surface area contributed by atoms with Crippen LogP contribution in [-0.2, 0) is 5.41 Å². The van der Waals surface area contributed by atoms with Crippen LogP contribution in [0, 0.1) is 6.92 Å². The molecule has 3 rings (SSSR count). The van der Waals surface area contributed by atoms with Gasteiger partial charge in [0.15, 0.2) is 0 Å². The molecule has 1 heterocycles. The maximum atomic E-state index is 9.72. The molecule has 16 heavy (non-hydrogen) atoms. The normalized spacial score (nSPS) is 36.4. The van der Waals surface area contributed by atoms with E-state index in [4.69, 9.17) is 4.74 Å². The Hall–Kier alpha value is -1.02. The van der Waals surface area contributed by atoms with Crippen LogP contribution in [0.5, 0.6) is 5.75 Å². The lowest BCUT2D eigenvalue weighted by Gasteiger charge is -2.37. The summed E-state index contributed by atoms with van der Waals surface area (Å²) in [5.41, 5.74) is 2.74. The second kappa shape index (κ2) is 3.24. The topological polar surface area (TPSA) is 29.5 Å². The zero-order chi connectivity index (χ0) is 11.3. The summed E-state index contributed by atoms with van der Waals surface area (Å²) in [5.74, 6) is 1.02. The van der Waals surface area contributed by atoms with Crippen molar-refractivity contribution in [2.75, 3.05) is 0 Å². The lowest BCUT2D eigenvalue weighted by molar-refractivity contribution is 0.0239. The number of aliphatic hydroxyl groups is 1. The fourth-order valence-corrected chi connectivity index (χ4v) is 3.08. The Kier molecular flexibility index (Phi) is 2.05. The number of rotatable bonds is 0. The number of aliphatic hydroxyl groups excluding tert-OH is 1. The molecule has 1 aromatic rings. The van der Waals surface area contributed by atoms with Gasteiger partial charge in [0, 0.05) is 17.4 Å². The van der Waals surface area contributed by atoms with E-state index in [2.05, 4.69) is 32.0 Å². The van der Waals surface area contributed by atoms with Crippen molar-refractivity contribution in [3.63, 3.8) is 0 Å². The molecule has 0 amide bonds. The Bertz CT molecular complexity index is 427. The third-order valence-electron chi connectivity index (χ3n) is 4.21. The fourth-order valence-electron chi connectivity index (χ4n) is 3.08. The highest BCUT2D eigenvalue weighted by molar-refractivity contribution is 5.47. The molecule has 1 fully saturated rings. The highest BCUT2D eigenvalue weighted by atomic mass is 16.5. The van der Waals surface area contributed by atoms with Crippen molar-refractivity contribution < 1.29 is 9.84 Å². The van der Waals surface area contributed by atoms with E-state index in [0.717, 1.165) is 25.0 Å². The predicted octanol–water partition coefficient (Wildman–Crippen LogP) is 2.56. The van der Waals surface area contributed by atoms with Crippen LogP contribution in [0.2, 0.25) is 0 Å². The van der Waals surface area contributed by atoms with Crippen LogP contribution < -0.4 is 4.74 Å². The van der Waals surface area contributed by atoms with E-state index in [9.17, 15) is 5.11 Å². The number of aryl methyl sites for hydroxylation is 1. The molecular formula is C14H18O2. The van der Waals surface area contributed by atoms with E-state index in [-0.39, 0.29) is 17.6 Å². The first-order valence-electron chi connectivity index (χ1n) is 6.05. The van der Waals surface area contributed by atoms with Gasteiger partial charge in [-0.15, -0.1) is 0 Å². The number of hydrogen-bond acceptors (Lipinski definition) is 2. The molecule has 2 aliphatic rings. The summed E-state index contributed by atoms with van der Waals surface area (Å²) in [6, 6.07) is 6.41. The molecule has 3 atom stereocenters. The third kappa shape index (κ3) is 1.29. The van der Waals surface area contributed by atoms with E-state index >= 15 is 0 Å². The average Bonchev–Trinajstić information content (AvgIpc) is 2.52. The van der Waals surface area contributed by atoms with Crippen molar-refractivity contribution in [3.05, 3.63) is 29.3 Å². The van der Waals surface area contributed by atoms with Gasteiger partial charge >= 0.3 is 0 Å². The maximum Gasteiger partial charge on any atom is 0.123 e. The molecule has 1 N–H and O–H groups in total. The Balaban J connectivity index is 2.05. The molecule has 0 spiro atoms. The van der Waals surface area contributed by atoms with E-state index in [1.807, 2.05) is 0 Å². The first-order chi connectivity index (χ1) is 7.59. The van der Waals surface area contributed by atoms with Crippen LogP contribution in [-0.4, -0.2) is 17.3 Å². The van der Waals surface area contributed by atoms with Gasteiger partial charge < -0.3 is 9.84 Å². The van der Waals surface area contributed by atoms with Crippen molar-refractivity contribution in [2.45, 2.75) is 50.7 Å². The first-order valence-corrected chi connectivity index (χ1v) is 6.05. The summed E-state index contributed by atoms with van der Waals surface area (Å²) in [5, 5.41) is 9.72. The van der Waals surface area contributed by atoms with Crippen molar-refractivity contribution in [2.24, 2.45) is 0 Å². The lowest BCUT2D eigenvalue weighted by Crippen LogP contribution is -2.42. The molecular weight excluding hydrogens is 200 g/mol. The quantitative estimate of drug-likeness (QED) is 0.725. The SMILES string of the molecule is Cc1ccc2c(c1)C1(C)CCC(O)CC1O2. The minimum atomic E-state index is -0.187. The molecule has 0 radical (unpaired) electrons. The van der Waals surface area contributed by atoms with Crippen LogP contribution >= 0.6 is 0 Å². The van der Waals surface area contributed by atoms with Crippen molar-refractivity contribution in [1.29, 1.82) is 0 Å². The third-order valence-corrected chi connectivity index (χ3v) is 4.21. The number of hydrogen-bond donors (Lipinski definition) is 1. The van der Waals surface area contributed by atoms with Gasteiger partial charge in [-0.1, -0.05) is 24.6 Å². The highest BCUT2D eigenvalue weighted by Crippen LogP contribution is 2.50. The number of ether oxygens (including phenoxy) is 1. The molecule has 86 valence electrons. The lowest BCUT2D eigenvalue weighted by atomic mass is 9.69. The van der Waals surface area contributed by atoms with Crippen LogP contribution in [0.4, 0.5) is 0 Å². The smallest absolute Gasteiger partial charge is 0.123 e. The Morgan fingerprint density at radius 2 is 2.25 bits per heavy atom. The van der Waals surface area contributed by atoms with Gasteiger partial charge in [0.05, 0.1) is 6.10 Å². The van der Waals surface area contributed by atoms with Gasteiger partial charge in [0.25, 0.3) is 0 Å². The van der Waals surface area contributed by atoms with Crippen molar-refractivity contribution >= 4 is 0 Å². The minimum Gasteiger partial charge on any atom is -0.489 e. The van der Waals surface area contributed by atoms with Gasteiger partial charge in [-0.3, -0.25) is 0 Å². The van der Waals surface area contributed by atoms with Crippen molar-refractivity contribution in [1.82, 2.24) is 0 Å². The van der Waals surface area contributed by atoms with Crippen LogP contribution in [0.15, 0.2) is 18.2 Å². The summed E-state index contributed by atoms with van der Waals surface area (Å²) in [6.45, 7) is 4.39. The number of fused-ring (bicyclic) bond motifs is 3. The molecule has 0 bridgehead atoms. The van der Waals surface area contributed by atoms with Gasteiger partial charge in [-0.05, 0) is 25.8 Å². The molecule has 0 saturated heterocycles.